The Balaban J connectivity index is 2.26. The van der Waals surface area contributed by atoms with Gasteiger partial charge in [-0.05, 0) is 49.6 Å². The topological polar surface area (TPSA) is 64.3 Å². The van der Waals surface area contributed by atoms with Gasteiger partial charge in [-0.25, -0.2) is 0 Å². The number of rotatable bonds is 7. The second kappa shape index (κ2) is 7.87. The second-order valence-corrected chi connectivity index (χ2v) is 5.09. The zero-order valence-electron chi connectivity index (χ0n) is 10.8. The van der Waals surface area contributed by atoms with Crippen LogP contribution in [0.25, 0.3) is 0 Å². The highest BCUT2D eigenvalue weighted by Crippen LogP contribution is 2.12. The minimum atomic E-state index is -0.0968. The predicted molar refractivity (Wildman–Crippen MR) is 77.0 cm³/mol. The number of benzene rings is 1. The van der Waals surface area contributed by atoms with Crippen LogP contribution in [0, 0.1) is 0 Å². The third-order valence-electron chi connectivity index (χ3n) is 2.41. The standard InChI is InChI=1S/C13H20N2O2S/c1-10(7-8-18-2)15-13(16)9-17-12-5-3-11(14)4-6-12/h3-6,10H,7-9,14H2,1-2H3,(H,15,16). The summed E-state index contributed by atoms with van der Waals surface area (Å²) < 4.78 is 5.36. The molecule has 0 aromatic heterocycles. The smallest absolute Gasteiger partial charge is 0.258 e. The normalized spacial score (nSPS) is 11.9. The molecule has 0 spiro atoms. The summed E-state index contributed by atoms with van der Waals surface area (Å²) in [5.41, 5.74) is 6.24. The number of amides is 1. The summed E-state index contributed by atoms with van der Waals surface area (Å²) in [7, 11) is 0. The van der Waals surface area contributed by atoms with Crippen molar-refractivity contribution in [3.63, 3.8) is 0 Å². The fraction of sp³-hybridized carbons (Fsp3) is 0.462. The first-order valence-corrected chi connectivity index (χ1v) is 7.28. The maximum absolute atomic E-state index is 11.6. The van der Waals surface area contributed by atoms with Crippen molar-refractivity contribution in [2.45, 2.75) is 19.4 Å². The van der Waals surface area contributed by atoms with Crippen LogP contribution < -0.4 is 15.8 Å². The Morgan fingerprint density at radius 3 is 2.72 bits per heavy atom. The Labute approximate surface area is 112 Å². The van der Waals surface area contributed by atoms with Gasteiger partial charge in [-0.2, -0.15) is 11.8 Å². The van der Waals surface area contributed by atoms with Gasteiger partial charge in [-0.1, -0.05) is 0 Å². The number of nitrogens with one attached hydrogen (secondary N) is 1. The van der Waals surface area contributed by atoms with Crippen LogP contribution in [0.4, 0.5) is 5.69 Å². The first-order valence-electron chi connectivity index (χ1n) is 5.88. The van der Waals surface area contributed by atoms with Crippen molar-refractivity contribution in [2.75, 3.05) is 24.3 Å². The van der Waals surface area contributed by atoms with E-state index in [2.05, 4.69) is 11.6 Å². The highest BCUT2D eigenvalue weighted by atomic mass is 32.2. The molecular formula is C13H20N2O2S. The summed E-state index contributed by atoms with van der Waals surface area (Å²) >= 11 is 1.77. The van der Waals surface area contributed by atoms with Gasteiger partial charge in [0.25, 0.3) is 5.91 Å². The third kappa shape index (κ3) is 5.82. The van der Waals surface area contributed by atoms with E-state index in [1.165, 1.54) is 0 Å². The zero-order chi connectivity index (χ0) is 13.4. The van der Waals surface area contributed by atoms with E-state index in [-0.39, 0.29) is 18.6 Å². The summed E-state index contributed by atoms with van der Waals surface area (Å²) in [5.74, 6) is 1.59. The molecule has 0 aliphatic rings. The number of anilines is 1. The first kappa shape index (κ1) is 14.7. The van der Waals surface area contributed by atoms with Gasteiger partial charge in [0.05, 0.1) is 0 Å². The summed E-state index contributed by atoms with van der Waals surface area (Å²) in [6.45, 7) is 2.03. The molecule has 0 aliphatic heterocycles. The average Bonchev–Trinajstić information content (AvgIpc) is 2.35. The Morgan fingerprint density at radius 1 is 1.44 bits per heavy atom. The fourth-order valence-electron chi connectivity index (χ4n) is 1.40. The van der Waals surface area contributed by atoms with Crippen LogP contribution in [-0.4, -0.2) is 30.6 Å². The average molecular weight is 268 g/mol. The van der Waals surface area contributed by atoms with Crippen LogP contribution in [0.5, 0.6) is 5.75 Å². The molecule has 18 heavy (non-hydrogen) atoms. The van der Waals surface area contributed by atoms with Crippen LogP contribution in [0.1, 0.15) is 13.3 Å². The van der Waals surface area contributed by atoms with Gasteiger partial charge in [0.2, 0.25) is 0 Å². The minimum absolute atomic E-state index is 0.0352. The van der Waals surface area contributed by atoms with Crippen LogP contribution in [0.2, 0.25) is 0 Å². The van der Waals surface area contributed by atoms with Crippen molar-refractivity contribution < 1.29 is 9.53 Å². The lowest BCUT2D eigenvalue weighted by atomic mass is 10.2. The number of nitrogens with two attached hydrogens (primary N) is 1. The van der Waals surface area contributed by atoms with E-state index >= 15 is 0 Å². The van der Waals surface area contributed by atoms with Gasteiger partial charge in [-0.3, -0.25) is 4.79 Å². The minimum Gasteiger partial charge on any atom is -0.484 e. The Kier molecular flexibility index (Phi) is 6.43. The van der Waals surface area contributed by atoms with E-state index in [1.54, 1.807) is 36.0 Å². The van der Waals surface area contributed by atoms with Gasteiger partial charge < -0.3 is 15.8 Å². The monoisotopic (exact) mass is 268 g/mol. The van der Waals surface area contributed by atoms with Crippen molar-refractivity contribution in [3.8, 4) is 5.75 Å². The van der Waals surface area contributed by atoms with Crippen molar-refractivity contribution in [3.05, 3.63) is 24.3 Å². The summed E-state index contributed by atoms with van der Waals surface area (Å²) in [5, 5.41) is 2.89. The van der Waals surface area contributed by atoms with Gasteiger partial charge in [0.1, 0.15) is 5.75 Å². The molecule has 0 saturated carbocycles. The molecule has 0 heterocycles. The highest BCUT2D eigenvalue weighted by molar-refractivity contribution is 7.98. The number of hydrogen-bond acceptors (Lipinski definition) is 4. The fourth-order valence-corrected chi connectivity index (χ4v) is 1.99. The maximum Gasteiger partial charge on any atom is 0.258 e. The molecule has 100 valence electrons. The molecule has 1 rings (SSSR count). The molecule has 1 aromatic carbocycles. The molecule has 0 fully saturated rings. The molecule has 0 saturated heterocycles. The van der Waals surface area contributed by atoms with E-state index in [9.17, 15) is 4.79 Å². The molecule has 1 unspecified atom stereocenters. The van der Waals surface area contributed by atoms with Crippen LogP contribution >= 0.6 is 11.8 Å². The molecule has 1 atom stereocenters. The van der Waals surface area contributed by atoms with Crippen LogP contribution in [-0.2, 0) is 4.79 Å². The van der Waals surface area contributed by atoms with Gasteiger partial charge in [0.15, 0.2) is 6.61 Å². The number of thioether (sulfide) groups is 1. The van der Waals surface area contributed by atoms with Crippen LogP contribution in [0.15, 0.2) is 24.3 Å². The molecule has 1 aromatic rings. The van der Waals surface area contributed by atoms with Crippen LogP contribution in [0.3, 0.4) is 0 Å². The number of carbonyl (C=O) groups is 1. The SMILES string of the molecule is CSCCC(C)NC(=O)COc1ccc(N)cc1. The van der Waals surface area contributed by atoms with E-state index in [0.717, 1.165) is 12.2 Å². The zero-order valence-corrected chi connectivity index (χ0v) is 11.6. The van der Waals surface area contributed by atoms with E-state index in [1.807, 2.05) is 6.92 Å². The molecule has 0 aliphatic carbocycles. The molecule has 0 bridgehead atoms. The third-order valence-corrected chi connectivity index (χ3v) is 3.06. The van der Waals surface area contributed by atoms with Gasteiger partial charge >= 0.3 is 0 Å². The largest absolute Gasteiger partial charge is 0.484 e. The summed E-state index contributed by atoms with van der Waals surface area (Å²) in [6.07, 6.45) is 3.02. The van der Waals surface area contributed by atoms with E-state index in [0.29, 0.717) is 11.4 Å². The first-order chi connectivity index (χ1) is 8.61. The summed E-state index contributed by atoms with van der Waals surface area (Å²) in [4.78, 5) is 11.6. The molecule has 0 radical (unpaired) electrons. The number of hydrogen-bond donors (Lipinski definition) is 2. The van der Waals surface area contributed by atoms with Crippen molar-refractivity contribution in [1.29, 1.82) is 0 Å². The number of carbonyl (C=O) groups excluding carboxylic acids is 1. The van der Waals surface area contributed by atoms with Gasteiger partial charge in [-0.15, -0.1) is 0 Å². The van der Waals surface area contributed by atoms with Gasteiger partial charge in [0, 0.05) is 11.7 Å². The Bertz CT molecular complexity index is 368. The summed E-state index contributed by atoms with van der Waals surface area (Å²) in [6, 6.07) is 7.17. The second-order valence-electron chi connectivity index (χ2n) is 4.11. The highest BCUT2D eigenvalue weighted by Gasteiger charge is 2.07. The molecule has 5 heteroatoms. The lowest BCUT2D eigenvalue weighted by Gasteiger charge is -2.13. The van der Waals surface area contributed by atoms with Crippen molar-refractivity contribution in [1.82, 2.24) is 5.32 Å². The Hall–Kier alpha value is -1.36. The molecule has 3 N–H and O–H groups in total. The van der Waals surface area contributed by atoms with E-state index in [4.69, 9.17) is 10.5 Å². The lowest BCUT2D eigenvalue weighted by molar-refractivity contribution is -0.123. The maximum atomic E-state index is 11.6. The quantitative estimate of drug-likeness (QED) is 0.741. The van der Waals surface area contributed by atoms with Crippen molar-refractivity contribution >= 4 is 23.4 Å². The van der Waals surface area contributed by atoms with Crippen molar-refractivity contribution in [2.24, 2.45) is 0 Å². The molecule has 4 nitrogen and oxygen atoms in total. The molecule has 1 amide bonds. The molecular weight excluding hydrogens is 248 g/mol. The number of nitrogen functional groups attached to an aromatic ring is 1. The van der Waals surface area contributed by atoms with E-state index < -0.39 is 0 Å². The number of ether oxygens (including phenoxy) is 1. The Morgan fingerprint density at radius 2 is 2.11 bits per heavy atom. The lowest BCUT2D eigenvalue weighted by Crippen LogP contribution is -2.36. The predicted octanol–water partition coefficient (Wildman–Crippen LogP) is 1.91.